The molecule has 0 saturated heterocycles. The molecule has 2 nitrogen and oxygen atoms in total. The monoisotopic (exact) mass is 294 g/mol. The predicted molar refractivity (Wildman–Crippen MR) is 75.4 cm³/mol. The lowest BCUT2D eigenvalue weighted by molar-refractivity contribution is 0.431. The van der Waals surface area contributed by atoms with E-state index < -0.39 is 23.5 Å². The molecule has 0 fully saturated rings. The molecule has 0 saturated carbocycles. The Morgan fingerprint density at radius 3 is 2.57 bits per heavy atom. The maximum atomic E-state index is 14.0. The Morgan fingerprint density at radius 2 is 1.90 bits per heavy atom. The highest BCUT2D eigenvalue weighted by atomic mass is 19.2. The molecule has 21 heavy (non-hydrogen) atoms. The first kappa shape index (κ1) is 15.5. The minimum atomic E-state index is -1.46. The van der Waals surface area contributed by atoms with Crippen LogP contribution in [0.2, 0.25) is 0 Å². The second kappa shape index (κ2) is 6.72. The minimum Gasteiger partial charge on any atom is -0.305 e. The van der Waals surface area contributed by atoms with E-state index in [0.717, 1.165) is 18.1 Å². The van der Waals surface area contributed by atoms with Crippen molar-refractivity contribution >= 4 is 0 Å². The van der Waals surface area contributed by atoms with Gasteiger partial charge in [0.1, 0.15) is 0 Å². The van der Waals surface area contributed by atoms with Crippen LogP contribution in [0.4, 0.5) is 13.2 Å². The molecule has 1 aromatic heterocycles. The van der Waals surface area contributed by atoms with Crippen molar-refractivity contribution in [2.24, 2.45) is 0 Å². The highest BCUT2D eigenvalue weighted by Crippen LogP contribution is 2.26. The molecule has 5 heteroatoms. The molecule has 112 valence electrons. The second-order valence-electron chi connectivity index (χ2n) is 4.91. The van der Waals surface area contributed by atoms with Gasteiger partial charge >= 0.3 is 0 Å². The third-order valence-electron chi connectivity index (χ3n) is 3.21. The quantitative estimate of drug-likeness (QED) is 0.846. The van der Waals surface area contributed by atoms with Crippen LogP contribution in [0.5, 0.6) is 0 Å². The molecule has 0 aliphatic carbocycles. The van der Waals surface area contributed by atoms with Crippen molar-refractivity contribution in [1.82, 2.24) is 10.3 Å². The largest absolute Gasteiger partial charge is 0.305 e. The Hall–Kier alpha value is -1.88. The van der Waals surface area contributed by atoms with Crippen LogP contribution in [0.3, 0.4) is 0 Å². The van der Waals surface area contributed by atoms with E-state index in [4.69, 9.17) is 0 Å². The van der Waals surface area contributed by atoms with Crippen LogP contribution in [0.25, 0.3) is 0 Å². The van der Waals surface area contributed by atoms with Crippen molar-refractivity contribution in [2.75, 3.05) is 6.54 Å². The lowest BCUT2D eigenvalue weighted by Crippen LogP contribution is -2.25. The molecule has 0 radical (unpaired) electrons. The average Bonchev–Trinajstić information content (AvgIpc) is 2.47. The minimum absolute atomic E-state index is 0.0560. The summed E-state index contributed by atoms with van der Waals surface area (Å²) >= 11 is 0. The van der Waals surface area contributed by atoms with Crippen LogP contribution >= 0.6 is 0 Å². The van der Waals surface area contributed by atoms with Gasteiger partial charge in [0.05, 0.1) is 11.7 Å². The van der Waals surface area contributed by atoms with Crippen molar-refractivity contribution in [3.05, 3.63) is 64.7 Å². The molecular weight excluding hydrogens is 277 g/mol. The highest BCUT2D eigenvalue weighted by molar-refractivity contribution is 5.31. The van der Waals surface area contributed by atoms with Gasteiger partial charge in [-0.15, -0.1) is 0 Å². The molecule has 1 aromatic carbocycles. The van der Waals surface area contributed by atoms with Crippen LogP contribution < -0.4 is 5.32 Å². The van der Waals surface area contributed by atoms with Gasteiger partial charge in [-0.3, -0.25) is 4.98 Å². The smallest absolute Gasteiger partial charge is 0.194 e. The lowest BCUT2D eigenvalue weighted by atomic mass is 10.0. The molecule has 0 aliphatic rings. The zero-order valence-electron chi connectivity index (χ0n) is 12.0. The molecule has 0 aliphatic heterocycles. The number of pyridine rings is 1. The molecular formula is C16H17F3N2. The summed E-state index contributed by atoms with van der Waals surface area (Å²) in [5.41, 5.74) is 1.60. The fourth-order valence-electron chi connectivity index (χ4n) is 2.14. The van der Waals surface area contributed by atoms with Crippen LogP contribution in [0.15, 0.2) is 30.5 Å². The van der Waals surface area contributed by atoms with Crippen molar-refractivity contribution in [3.63, 3.8) is 0 Å². The second-order valence-corrected chi connectivity index (χ2v) is 4.91. The molecule has 0 bridgehead atoms. The van der Waals surface area contributed by atoms with Gasteiger partial charge in [0.15, 0.2) is 17.5 Å². The SMILES string of the molecule is CCCNC(c1cc(C)ccn1)c1ccc(F)c(F)c1F. The first-order valence-corrected chi connectivity index (χ1v) is 6.84. The Labute approximate surface area is 122 Å². The first-order chi connectivity index (χ1) is 10.0. The number of nitrogens with one attached hydrogen (secondary N) is 1. The predicted octanol–water partition coefficient (Wildman–Crippen LogP) is 3.90. The number of halogens is 3. The highest BCUT2D eigenvalue weighted by Gasteiger charge is 2.22. The molecule has 1 unspecified atom stereocenters. The van der Waals surface area contributed by atoms with Gasteiger partial charge in [0.2, 0.25) is 0 Å². The van der Waals surface area contributed by atoms with E-state index in [2.05, 4.69) is 10.3 Å². The average molecular weight is 294 g/mol. The van der Waals surface area contributed by atoms with E-state index >= 15 is 0 Å². The van der Waals surface area contributed by atoms with Gasteiger partial charge in [0.25, 0.3) is 0 Å². The van der Waals surface area contributed by atoms with Crippen molar-refractivity contribution < 1.29 is 13.2 Å². The van der Waals surface area contributed by atoms with Crippen LogP contribution in [0, 0.1) is 24.4 Å². The number of hydrogen-bond acceptors (Lipinski definition) is 2. The maximum absolute atomic E-state index is 14.0. The topological polar surface area (TPSA) is 24.9 Å². The Kier molecular flexibility index (Phi) is 4.96. The number of hydrogen-bond donors (Lipinski definition) is 1. The van der Waals surface area contributed by atoms with E-state index in [1.54, 1.807) is 12.3 Å². The van der Waals surface area contributed by atoms with Crippen LogP contribution in [-0.4, -0.2) is 11.5 Å². The lowest BCUT2D eigenvalue weighted by Gasteiger charge is -2.20. The summed E-state index contributed by atoms with van der Waals surface area (Å²) in [6, 6.07) is 5.20. The van der Waals surface area contributed by atoms with E-state index in [1.165, 1.54) is 6.07 Å². The van der Waals surface area contributed by atoms with Crippen LogP contribution in [0.1, 0.15) is 36.2 Å². The molecule has 2 rings (SSSR count). The van der Waals surface area contributed by atoms with E-state index in [9.17, 15) is 13.2 Å². The van der Waals surface area contributed by atoms with Gasteiger partial charge in [-0.1, -0.05) is 13.0 Å². The van der Waals surface area contributed by atoms with Crippen molar-refractivity contribution in [1.29, 1.82) is 0 Å². The van der Waals surface area contributed by atoms with Crippen molar-refractivity contribution in [3.8, 4) is 0 Å². The number of aromatic nitrogens is 1. The molecule has 1 atom stereocenters. The Balaban J connectivity index is 2.48. The van der Waals surface area contributed by atoms with Gasteiger partial charge in [0, 0.05) is 11.8 Å². The summed E-state index contributed by atoms with van der Waals surface area (Å²) in [4.78, 5) is 4.22. The first-order valence-electron chi connectivity index (χ1n) is 6.84. The van der Waals surface area contributed by atoms with E-state index in [0.29, 0.717) is 12.2 Å². The third-order valence-corrected chi connectivity index (χ3v) is 3.21. The summed E-state index contributed by atoms with van der Waals surface area (Å²) < 4.78 is 40.6. The number of aryl methyl sites for hydroxylation is 1. The molecule has 2 aromatic rings. The van der Waals surface area contributed by atoms with Gasteiger partial charge in [-0.2, -0.15) is 0 Å². The summed E-state index contributed by atoms with van der Waals surface area (Å²) in [5, 5.41) is 3.13. The van der Waals surface area contributed by atoms with Gasteiger partial charge < -0.3 is 5.32 Å². The Morgan fingerprint density at radius 1 is 1.14 bits per heavy atom. The molecule has 0 spiro atoms. The fraction of sp³-hybridized carbons (Fsp3) is 0.312. The van der Waals surface area contributed by atoms with E-state index in [-0.39, 0.29) is 5.56 Å². The number of rotatable bonds is 5. The maximum Gasteiger partial charge on any atom is 0.194 e. The zero-order chi connectivity index (χ0) is 15.4. The summed E-state index contributed by atoms with van der Waals surface area (Å²) in [7, 11) is 0. The third kappa shape index (κ3) is 3.42. The summed E-state index contributed by atoms with van der Waals surface area (Å²) in [6.07, 6.45) is 2.44. The van der Waals surface area contributed by atoms with Crippen LogP contribution in [-0.2, 0) is 0 Å². The Bertz CT molecular complexity index is 629. The zero-order valence-corrected chi connectivity index (χ0v) is 12.0. The standard InChI is InChI=1S/C16H17F3N2/c1-3-7-21-16(13-9-10(2)6-8-20-13)11-4-5-12(17)15(19)14(11)18/h4-6,8-9,16,21H,3,7H2,1-2H3. The van der Waals surface area contributed by atoms with Gasteiger partial charge in [-0.05, 0) is 43.7 Å². The fourth-order valence-corrected chi connectivity index (χ4v) is 2.14. The van der Waals surface area contributed by atoms with Crippen molar-refractivity contribution in [2.45, 2.75) is 26.3 Å². The summed E-state index contributed by atoms with van der Waals surface area (Å²) in [5.74, 6) is -3.82. The molecule has 0 amide bonds. The van der Waals surface area contributed by atoms with Gasteiger partial charge in [-0.25, -0.2) is 13.2 Å². The number of nitrogens with zero attached hydrogens (tertiary/aromatic N) is 1. The molecule has 1 heterocycles. The number of benzene rings is 1. The summed E-state index contributed by atoms with van der Waals surface area (Å²) in [6.45, 7) is 4.47. The van der Waals surface area contributed by atoms with E-state index in [1.807, 2.05) is 19.9 Å². The normalized spacial score (nSPS) is 12.4. The molecule has 1 N–H and O–H groups in total.